The summed E-state index contributed by atoms with van der Waals surface area (Å²) in [6, 6.07) is 11.3. The van der Waals surface area contributed by atoms with Crippen LogP contribution in [0.25, 0.3) is 22.6 Å². The molecule has 0 aliphatic carbocycles. The van der Waals surface area contributed by atoms with Gasteiger partial charge in [-0.05, 0) is 48.6 Å². The highest BCUT2D eigenvalue weighted by Gasteiger charge is 2.17. The number of carbonyl (C=O) groups excluding carboxylic acids is 1. The van der Waals surface area contributed by atoms with Gasteiger partial charge in [0.2, 0.25) is 11.9 Å². The second kappa shape index (κ2) is 9.63. The van der Waals surface area contributed by atoms with Gasteiger partial charge >= 0.3 is 0 Å². The molecule has 1 amide bonds. The average Bonchev–Trinajstić information content (AvgIpc) is 3.48. The van der Waals surface area contributed by atoms with Crippen LogP contribution in [0, 0.1) is 17.0 Å². The van der Waals surface area contributed by atoms with Crippen LogP contribution in [0.1, 0.15) is 23.7 Å². The number of nitro groups is 1. The lowest BCUT2D eigenvalue weighted by Gasteiger charge is -2.09. The summed E-state index contributed by atoms with van der Waals surface area (Å²) in [5, 5.41) is 20.0. The summed E-state index contributed by atoms with van der Waals surface area (Å²) in [4.78, 5) is 43.5. The van der Waals surface area contributed by atoms with E-state index in [0.717, 1.165) is 4.88 Å². The summed E-state index contributed by atoms with van der Waals surface area (Å²) >= 11 is 1.49. The fourth-order valence-electron chi connectivity index (χ4n) is 3.34. The molecule has 172 valence electrons. The largest absolute Gasteiger partial charge is 0.307 e. The van der Waals surface area contributed by atoms with E-state index in [1.807, 2.05) is 24.4 Å². The normalized spacial score (nSPS) is 11.1. The minimum Gasteiger partial charge on any atom is -0.307 e. The van der Waals surface area contributed by atoms with Crippen LogP contribution in [0.5, 0.6) is 0 Å². The third-order valence-corrected chi connectivity index (χ3v) is 5.92. The second-order valence-corrected chi connectivity index (χ2v) is 8.23. The quantitative estimate of drug-likeness (QED) is 0.234. The summed E-state index contributed by atoms with van der Waals surface area (Å²) in [6.45, 7) is 3.64. The maximum absolute atomic E-state index is 12.6. The lowest BCUT2D eigenvalue weighted by Crippen LogP contribution is -2.21. The van der Waals surface area contributed by atoms with Crippen LogP contribution in [0.2, 0.25) is 0 Å². The van der Waals surface area contributed by atoms with Crippen molar-refractivity contribution in [3.8, 4) is 16.5 Å². The number of aromatic amines is 1. The maximum Gasteiger partial charge on any atom is 0.269 e. The number of nitrogens with zero attached hydrogens (tertiary/aromatic N) is 4. The summed E-state index contributed by atoms with van der Waals surface area (Å²) in [5.41, 5.74) is 2.14. The van der Waals surface area contributed by atoms with Crippen molar-refractivity contribution in [2.75, 3.05) is 5.32 Å². The number of thiophene rings is 1. The topological polar surface area (TPSA) is 136 Å². The zero-order chi connectivity index (χ0) is 24.2. The number of anilines is 1. The number of hydrogen-bond donors (Lipinski definition) is 2. The molecule has 34 heavy (non-hydrogen) atoms. The number of amides is 1. The van der Waals surface area contributed by atoms with E-state index in [2.05, 4.69) is 20.4 Å². The van der Waals surface area contributed by atoms with Gasteiger partial charge in [0.05, 0.1) is 9.80 Å². The van der Waals surface area contributed by atoms with Gasteiger partial charge in [-0.1, -0.05) is 13.0 Å². The summed E-state index contributed by atoms with van der Waals surface area (Å²) in [6.07, 6.45) is 3.40. The second-order valence-electron chi connectivity index (χ2n) is 7.28. The Labute approximate surface area is 197 Å². The number of benzene rings is 1. The van der Waals surface area contributed by atoms with E-state index in [0.29, 0.717) is 34.8 Å². The van der Waals surface area contributed by atoms with Gasteiger partial charge in [0, 0.05) is 35.5 Å². The molecule has 0 spiro atoms. The molecule has 0 unspecified atom stereocenters. The van der Waals surface area contributed by atoms with E-state index in [-0.39, 0.29) is 17.2 Å². The van der Waals surface area contributed by atoms with E-state index in [1.165, 1.54) is 34.2 Å². The molecular formula is C23H20N6O4S. The van der Waals surface area contributed by atoms with Crippen molar-refractivity contribution in [2.45, 2.75) is 20.3 Å². The molecule has 0 atom stereocenters. The fraction of sp³-hybridized carbons (Fsp3) is 0.130. The first-order chi connectivity index (χ1) is 16.4. The Bertz CT molecular complexity index is 1440. The van der Waals surface area contributed by atoms with Gasteiger partial charge in [-0.3, -0.25) is 24.7 Å². The van der Waals surface area contributed by atoms with Crippen LogP contribution in [-0.2, 0) is 11.2 Å². The number of H-pyrrole nitrogens is 1. The molecule has 2 N–H and O–H groups in total. The summed E-state index contributed by atoms with van der Waals surface area (Å²) < 4.78 is 1.39. The smallest absolute Gasteiger partial charge is 0.269 e. The highest BCUT2D eigenvalue weighted by atomic mass is 32.1. The van der Waals surface area contributed by atoms with Crippen LogP contribution in [-0.4, -0.2) is 30.6 Å². The van der Waals surface area contributed by atoms with Crippen molar-refractivity contribution in [1.29, 1.82) is 0 Å². The Balaban J connectivity index is 1.65. The minimum absolute atomic E-state index is 0.0301. The number of carbonyl (C=O) groups is 1. The molecule has 3 heterocycles. The predicted octanol–water partition coefficient (Wildman–Crippen LogP) is 4.12. The molecule has 0 aliphatic rings. The highest BCUT2D eigenvalue weighted by molar-refractivity contribution is 7.13. The lowest BCUT2D eigenvalue weighted by atomic mass is 10.2. The van der Waals surface area contributed by atoms with E-state index >= 15 is 0 Å². The zero-order valence-electron chi connectivity index (χ0n) is 18.3. The molecule has 4 aromatic rings. The summed E-state index contributed by atoms with van der Waals surface area (Å²) in [7, 11) is 0. The first-order valence-corrected chi connectivity index (χ1v) is 11.2. The molecule has 1 aromatic carbocycles. The van der Waals surface area contributed by atoms with Crippen LogP contribution >= 0.6 is 11.3 Å². The number of non-ortho nitro benzene ring substituents is 1. The van der Waals surface area contributed by atoms with E-state index in [4.69, 9.17) is 0 Å². The van der Waals surface area contributed by atoms with E-state index in [1.54, 1.807) is 31.2 Å². The molecule has 0 aliphatic heterocycles. The van der Waals surface area contributed by atoms with E-state index < -0.39 is 10.8 Å². The number of rotatable bonds is 7. The molecule has 11 heteroatoms. The Morgan fingerprint density at radius 2 is 2.06 bits per heavy atom. The van der Waals surface area contributed by atoms with Gasteiger partial charge in [-0.2, -0.15) is 9.78 Å². The summed E-state index contributed by atoms with van der Waals surface area (Å²) in [5.74, 6) is 0.0761. The first kappa shape index (κ1) is 22.8. The average molecular weight is 477 g/mol. The highest BCUT2D eigenvalue weighted by Crippen LogP contribution is 2.27. The van der Waals surface area contributed by atoms with Crippen molar-refractivity contribution >= 4 is 34.8 Å². The molecule has 0 fully saturated rings. The van der Waals surface area contributed by atoms with Crippen LogP contribution in [0.4, 0.5) is 11.5 Å². The molecule has 0 radical (unpaired) electrons. The Kier molecular flexibility index (Phi) is 6.46. The predicted molar refractivity (Wildman–Crippen MR) is 130 cm³/mol. The monoisotopic (exact) mass is 476 g/mol. The number of hydrogen-bond acceptors (Lipinski definition) is 7. The van der Waals surface area contributed by atoms with Gasteiger partial charge in [-0.25, -0.2) is 4.98 Å². The standard InChI is InChI=1S/C23H20N6O4S/c1-3-17-14(2)24-23(26-22(17)31)28-20(13-18(27-28)19-5-4-12-34-19)25-21(30)11-8-15-6-9-16(10-7-15)29(32)33/h4-13H,3H2,1-2H3,(H,25,30)(H,24,26,31)/b11-8-. The van der Waals surface area contributed by atoms with Crippen molar-refractivity contribution < 1.29 is 9.72 Å². The van der Waals surface area contributed by atoms with Crippen molar-refractivity contribution in [1.82, 2.24) is 19.7 Å². The number of aromatic nitrogens is 4. The number of nitro benzene ring substituents is 1. The third kappa shape index (κ3) is 4.84. The van der Waals surface area contributed by atoms with Gasteiger partial charge in [0.1, 0.15) is 11.5 Å². The molecule has 10 nitrogen and oxygen atoms in total. The minimum atomic E-state index is -0.486. The van der Waals surface area contributed by atoms with Crippen LogP contribution < -0.4 is 10.9 Å². The Morgan fingerprint density at radius 1 is 1.29 bits per heavy atom. The van der Waals surface area contributed by atoms with Crippen molar-refractivity contribution in [3.63, 3.8) is 0 Å². The third-order valence-electron chi connectivity index (χ3n) is 5.03. The molecular weight excluding hydrogens is 456 g/mol. The van der Waals surface area contributed by atoms with Crippen molar-refractivity contribution in [2.24, 2.45) is 0 Å². The molecule has 0 bridgehead atoms. The van der Waals surface area contributed by atoms with Gasteiger partial charge in [0.15, 0.2) is 0 Å². The molecule has 4 rings (SSSR count). The van der Waals surface area contributed by atoms with Gasteiger partial charge in [0.25, 0.3) is 11.2 Å². The Morgan fingerprint density at radius 3 is 2.68 bits per heavy atom. The van der Waals surface area contributed by atoms with Gasteiger partial charge in [-0.15, -0.1) is 11.3 Å². The molecule has 0 saturated heterocycles. The van der Waals surface area contributed by atoms with Crippen molar-refractivity contribution in [3.05, 3.63) is 91.2 Å². The molecule has 0 saturated carbocycles. The fourth-order valence-corrected chi connectivity index (χ4v) is 4.02. The molecule has 3 aromatic heterocycles. The maximum atomic E-state index is 12.6. The van der Waals surface area contributed by atoms with E-state index in [9.17, 15) is 19.7 Å². The number of aryl methyl sites for hydroxylation is 1. The first-order valence-electron chi connectivity index (χ1n) is 10.3. The number of nitrogens with one attached hydrogen (secondary N) is 2. The van der Waals surface area contributed by atoms with Crippen LogP contribution in [0.3, 0.4) is 0 Å². The zero-order valence-corrected chi connectivity index (χ0v) is 19.1. The van der Waals surface area contributed by atoms with Crippen LogP contribution in [0.15, 0.2) is 58.7 Å². The SMILES string of the molecule is CCc1c(C)nc(-n2nc(-c3cccs3)cc2NC(=O)/C=C\c2ccc([N+](=O)[O-])cc2)[nH]c1=O. The lowest BCUT2D eigenvalue weighted by molar-refractivity contribution is -0.384. The Hall–Kier alpha value is -4.38. The van der Waals surface area contributed by atoms with Gasteiger partial charge < -0.3 is 5.32 Å².